The van der Waals surface area contributed by atoms with Crippen molar-refractivity contribution in [2.24, 2.45) is 0 Å². The van der Waals surface area contributed by atoms with Crippen LogP contribution < -0.4 is 0 Å². The van der Waals surface area contributed by atoms with Crippen molar-refractivity contribution in [1.82, 2.24) is 9.97 Å². The van der Waals surface area contributed by atoms with Crippen LogP contribution in [0.3, 0.4) is 0 Å². The molecule has 32 heavy (non-hydrogen) atoms. The van der Waals surface area contributed by atoms with Crippen LogP contribution in [-0.4, -0.2) is 18.4 Å². The Hall–Kier alpha value is -2.98. The van der Waals surface area contributed by atoms with Crippen LogP contribution in [0.5, 0.6) is 0 Å². The molecule has 5 aromatic rings. The summed E-state index contributed by atoms with van der Waals surface area (Å²) in [5.41, 5.74) is 0.609. The van der Waals surface area contributed by atoms with E-state index >= 15 is 0 Å². The van der Waals surface area contributed by atoms with E-state index < -0.39 is 15.7 Å². The maximum atomic E-state index is 13.5. The monoisotopic (exact) mass is 560 g/mol. The molecule has 0 atom stereocenters. The van der Waals surface area contributed by atoms with Gasteiger partial charge < -0.3 is 0 Å². The molecule has 0 radical (unpaired) electrons. The van der Waals surface area contributed by atoms with Gasteiger partial charge in [0.1, 0.15) is 22.7 Å². The molecule has 8 heteroatoms. The molecule has 0 fully saturated rings. The van der Waals surface area contributed by atoms with Gasteiger partial charge in [-0.25, -0.2) is 17.2 Å². The van der Waals surface area contributed by atoms with Crippen LogP contribution in [-0.2, 0) is 9.84 Å². The average Bonchev–Trinajstić information content (AvgIpc) is 2.80. The van der Waals surface area contributed by atoms with Gasteiger partial charge in [-0.15, -0.1) is 0 Å². The van der Waals surface area contributed by atoms with E-state index in [-0.39, 0.29) is 21.1 Å². The highest BCUT2D eigenvalue weighted by Crippen LogP contribution is 2.24. The number of fused-ring (bicyclic) bond motifs is 2. The highest BCUT2D eigenvalue weighted by molar-refractivity contribution is 14.1. The third kappa shape index (κ3) is 4.61. The van der Waals surface area contributed by atoms with Gasteiger partial charge in [0.25, 0.3) is 0 Å². The van der Waals surface area contributed by atoms with Crippen molar-refractivity contribution in [3.63, 3.8) is 0 Å². The maximum Gasteiger partial charge on any atom is 0.208 e. The minimum atomic E-state index is -3.63. The van der Waals surface area contributed by atoms with E-state index in [1.165, 1.54) is 42.6 Å². The van der Waals surface area contributed by atoms with Gasteiger partial charge in [0.2, 0.25) is 9.84 Å². The molecule has 0 unspecified atom stereocenters. The molecule has 2 aromatic heterocycles. The molecule has 160 valence electrons. The predicted octanol–water partition coefficient (Wildman–Crippen LogP) is 6.19. The summed E-state index contributed by atoms with van der Waals surface area (Å²) in [6.45, 7) is 0. The summed E-state index contributed by atoms with van der Waals surface area (Å²) in [4.78, 5) is 8.17. The first kappa shape index (κ1) is 22.2. The molecule has 0 saturated heterocycles. The van der Waals surface area contributed by atoms with E-state index in [2.05, 4.69) is 32.6 Å². The second-order valence-corrected chi connectivity index (χ2v) is 9.96. The third-order valence-electron chi connectivity index (χ3n) is 4.63. The van der Waals surface area contributed by atoms with Crippen LogP contribution >= 0.6 is 22.6 Å². The lowest BCUT2D eigenvalue weighted by atomic mass is 10.2. The molecule has 3 aromatic carbocycles. The standard InChI is InChI=1S/C15H10FNO2S.C9H5FIN/c16-14-8-4-5-11-9-13(10-17-15(11)14)20(18,19)12-6-2-1-3-7-12;10-8-3-1-2-6-4-7(11)5-12-9(6)8/h1-10H;1-5H. The normalized spacial score (nSPS) is 11.2. The zero-order valence-corrected chi connectivity index (χ0v) is 19.4. The molecule has 2 heterocycles. The van der Waals surface area contributed by atoms with Crippen LogP contribution in [0.15, 0.2) is 101 Å². The first-order valence-corrected chi connectivity index (χ1v) is 12.0. The number of sulfone groups is 1. The minimum Gasteiger partial charge on any atom is -0.252 e. The molecule has 0 bridgehead atoms. The van der Waals surface area contributed by atoms with E-state index in [9.17, 15) is 17.2 Å². The number of hydrogen-bond acceptors (Lipinski definition) is 4. The summed E-state index contributed by atoms with van der Waals surface area (Å²) in [5, 5.41) is 1.31. The van der Waals surface area contributed by atoms with Gasteiger partial charge in [0.05, 0.1) is 9.79 Å². The number of aromatic nitrogens is 2. The lowest BCUT2D eigenvalue weighted by Crippen LogP contribution is -2.02. The maximum absolute atomic E-state index is 13.5. The number of benzene rings is 3. The molecule has 0 saturated carbocycles. The van der Waals surface area contributed by atoms with E-state index in [1.54, 1.807) is 36.5 Å². The van der Waals surface area contributed by atoms with Crippen molar-refractivity contribution in [3.05, 3.63) is 106 Å². The van der Waals surface area contributed by atoms with Gasteiger partial charge in [-0.1, -0.05) is 42.5 Å². The smallest absolute Gasteiger partial charge is 0.208 e. The fourth-order valence-corrected chi connectivity index (χ4v) is 4.82. The number of pyridine rings is 2. The van der Waals surface area contributed by atoms with Crippen molar-refractivity contribution in [1.29, 1.82) is 0 Å². The summed E-state index contributed by atoms with van der Waals surface area (Å²) in [7, 11) is -3.63. The summed E-state index contributed by atoms with van der Waals surface area (Å²) in [6.07, 6.45) is 2.85. The summed E-state index contributed by atoms with van der Waals surface area (Å²) < 4.78 is 52.5. The zero-order valence-electron chi connectivity index (χ0n) is 16.4. The topological polar surface area (TPSA) is 59.9 Å². The largest absolute Gasteiger partial charge is 0.252 e. The van der Waals surface area contributed by atoms with Crippen molar-refractivity contribution in [2.45, 2.75) is 9.79 Å². The van der Waals surface area contributed by atoms with E-state index in [4.69, 9.17) is 0 Å². The van der Waals surface area contributed by atoms with Crippen molar-refractivity contribution in [3.8, 4) is 0 Å². The minimum absolute atomic E-state index is 0.0572. The van der Waals surface area contributed by atoms with Gasteiger partial charge in [-0.05, 0) is 59.0 Å². The third-order valence-corrected chi connectivity index (χ3v) is 6.96. The number of nitrogens with zero attached hydrogens (tertiary/aromatic N) is 2. The molecule has 0 spiro atoms. The van der Waals surface area contributed by atoms with Crippen molar-refractivity contribution in [2.75, 3.05) is 0 Å². The molecule has 0 aliphatic carbocycles. The second kappa shape index (κ2) is 9.25. The van der Waals surface area contributed by atoms with Crippen LogP contribution in [0, 0.1) is 15.2 Å². The molecular weight excluding hydrogens is 545 g/mol. The number of rotatable bonds is 2. The molecular formula is C24H15F2IN2O2S. The van der Waals surface area contributed by atoms with Gasteiger partial charge in [-0.2, -0.15) is 0 Å². The molecule has 0 amide bonds. The fourth-order valence-electron chi connectivity index (χ4n) is 3.08. The Morgan fingerprint density at radius 2 is 1.22 bits per heavy atom. The van der Waals surface area contributed by atoms with Gasteiger partial charge in [-0.3, -0.25) is 9.97 Å². The Kier molecular flexibility index (Phi) is 6.43. The molecule has 0 aliphatic heterocycles. The Morgan fingerprint density at radius 3 is 1.84 bits per heavy atom. The first-order chi connectivity index (χ1) is 15.4. The summed E-state index contributed by atoms with van der Waals surface area (Å²) >= 11 is 2.15. The van der Waals surface area contributed by atoms with Crippen molar-refractivity contribution >= 4 is 54.2 Å². The molecule has 0 aliphatic rings. The SMILES string of the molecule is Fc1cccc2cc(I)cnc12.O=S(=O)(c1ccccc1)c1cnc2c(F)cccc2c1. The number of para-hydroxylation sites is 2. The Labute approximate surface area is 197 Å². The van der Waals surface area contributed by atoms with Crippen LogP contribution in [0.25, 0.3) is 21.8 Å². The quantitative estimate of drug-likeness (QED) is 0.242. The van der Waals surface area contributed by atoms with E-state index in [0.29, 0.717) is 10.9 Å². The lowest BCUT2D eigenvalue weighted by molar-refractivity contribution is 0.595. The van der Waals surface area contributed by atoms with Crippen LogP contribution in [0.2, 0.25) is 0 Å². The highest BCUT2D eigenvalue weighted by Gasteiger charge is 2.18. The van der Waals surface area contributed by atoms with E-state index in [1.807, 2.05) is 12.1 Å². The zero-order chi connectivity index (χ0) is 22.7. The second-order valence-electron chi connectivity index (χ2n) is 6.76. The van der Waals surface area contributed by atoms with Crippen molar-refractivity contribution < 1.29 is 17.2 Å². The molecule has 0 N–H and O–H groups in total. The average molecular weight is 560 g/mol. The van der Waals surface area contributed by atoms with E-state index in [0.717, 1.165) is 8.96 Å². The Balaban J connectivity index is 0.000000174. The molecule has 4 nitrogen and oxygen atoms in total. The van der Waals surface area contributed by atoms with Gasteiger partial charge in [0, 0.05) is 26.7 Å². The fraction of sp³-hybridized carbons (Fsp3) is 0. The first-order valence-electron chi connectivity index (χ1n) is 9.40. The van der Waals surface area contributed by atoms with Crippen LogP contribution in [0.1, 0.15) is 0 Å². The Bertz CT molecular complexity index is 1530. The molecule has 5 rings (SSSR count). The highest BCUT2D eigenvalue weighted by atomic mass is 127. The summed E-state index contributed by atoms with van der Waals surface area (Å²) in [6, 6.07) is 20.9. The Morgan fingerprint density at radius 1 is 0.656 bits per heavy atom. The summed E-state index contributed by atoms with van der Waals surface area (Å²) in [5.74, 6) is -0.727. The predicted molar refractivity (Wildman–Crippen MR) is 128 cm³/mol. The number of halogens is 3. The lowest BCUT2D eigenvalue weighted by Gasteiger charge is -2.05. The van der Waals surface area contributed by atoms with Gasteiger partial charge >= 0.3 is 0 Å². The van der Waals surface area contributed by atoms with Gasteiger partial charge in [0.15, 0.2) is 0 Å². The van der Waals surface area contributed by atoms with Crippen LogP contribution in [0.4, 0.5) is 8.78 Å². The number of hydrogen-bond donors (Lipinski definition) is 0.